The summed E-state index contributed by atoms with van der Waals surface area (Å²) in [6, 6.07) is 1.79. The van der Waals surface area contributed by atoms with Crippen molar-refractivity contribution in [2.45, 2.75) is 17.1 Å². The number of carbonyl (C=O) groups excluding carboxylic acids is 1. The molecule has 1 N–H and O–H groups in total. The Morgan fingerprint density at radius 2 is 2.33 bits per heavy atom. The van der Waals surface area contributed by atoms with Gasteiger partial charge in [-0.2, -0.15) is 5.10 Å². The number of pyridine rings is 1. The van der Waals surface area contributed by atoms with Gasteiger partial charge in [0.2, 0.25) is 0 Å². The number of aryl methyl sites for hydroxylation is 1. The highest BCUT2D eigenvalue weighted by Crippen LogP contribution is 2.24. The third-order valence-corrected chi connectivity index (χ3v) is 2.78. The molecule has 0 saturated carbocycles. The molecule has 0 spiro atoms. The van der Waals surface area contributed by atoms with Crippen molar-refractivity contribution in [3.8, 4) is 0 Å². The summed E-state index contributed by atoms with van der Waals surface area (Å²) in [7, 11) is 0. The molecule has 2 aromatic rings. The summed E-state index contributed by atoms with van der Waals surface area (Å²) in [6.07, 6.45) is 3.76. The number of aldehydes is 1. The number of aromatic amines is 1. The first-order valence-electron chi connectivity index (χ1n) is 4.24. The van der Waals surface area contributed by atoms with Gasteiger partial charge in [0, 0.05) is 11.8 Å². The van der Waals surface area contributed by atoms with E-state index in [0.29, 0.717) is 10.7 Å². The predicted molar refractivity (Wildman–Crippen MR) is 54.9 cm³/mol. The number of H-pyrrole nitrogens is 1. The average molecular weight is 220 g/mol. The molecule has 0 aliphatic heterocycles. The van der Waals surface area contributed by atoms with Crippen LogP contribution in [0.25, 0.3) is 0 Å². The minimum atomic E-state index is 0.578. The van der Waals surface area contributed by atoms with Crippen molar-refractivity contribution in [1.29, 1.82) is 0 Å². The van der Waals surface area contributed by atoms with Crippen molar-refractivity contribution in [3.05, 3.63) is 29.7 Å². The van der Waals surface area contributed by atoms with E-state index in [2.05, 4.69) is 20.2 Å². The second-order valence-corrected chi connectivity index (χ2v) is 3.88. The molecule has 5 nitrogen and oxygen atoms in total. The second kappa shape index (κ2) is 4.22. The summed E-state index contributed by atoms with van der Waals surface area (Å²) < 4.78 is 0. The summed E-state index contributed by atoms with van der Waals surface area (Å²) in [5.74, 6) is 0. The normalized spacial score (nSPS) is 10.2. The van der Waals surface area contributed by atoms with E-state index in [1.54, 1.807) is 12.3 Å². The molecule has 0 amide bonds. The maximum absolute atomic E-state index is 10.5. The predicted octanol–water partition coefficient (Wildman–Crippen LogP) is 1.47. The lowest BCUT2D eigenvalue weighted by molar-refractivity contribution is 0.112. The number of hydrogen-bond donors (Lipinski definition) is 1. The van der Waals surface area contributed by atoms with E-state index in [0.717, 1.165) is 16.9 Å². The van der Waals surface area contributed by atoms with E-state index in [1.165, 1.54) is 18.1 Å². The molecule has 0 aliphatic carbocycles. The van der Waals surface area contributed by atoms with E-state index in [-0.39, 0.29) is 0 Å². The van der Waals surface area contributed by atoms with Crippen molar-refractivity contribution >= 4 is 18.0 Å². The Morgan fingerprint density at radius 1 is 1.47 bits per heavy atom. The molecule has 76 valence electrons. The lowest BCUT2D eigenvalue weighted by Crippen LogP contribution is -1.90. The highest BCUT2D eigenvalue weighted by atomic mass is 32.2. The van der Waals surface area contributed by atoms with Crippen LogP contribution in [-0.4, -0.2) is 26.5 Å². The minimum absolute atomic E-state index is 0.578. The van der Waals surface area contributed by atoms with Crippen LogP contribution in [0.5, 0.6) is 0 Å². The Balaban J connectivity index is 2.26. The van der Waals surface area contributed by atoms with Crippen molar-refractivity contribution in [1.82, 2.24) is 20.2 Å². The third kappa shape index (κ3) is 2.21. The van der Waals surface area contributed by atoms with E-state index < -0.39 is 0 Å². The molecule has 0 atom stereocenters. The Bertz CT molecular complexity index is 469. The Labute approximate surface area is 90.3 Å². The molecule has 2 aromatic heterocycles. The van der Waals surface area contributed by atoms with E-state index in [1.807, 2.05) is 6.92 Å². The first-order valence-corrected chi connectivity index (χ1v) is 5.06. The Morgan fingerprint density at radius 3 is 2.93 bits per heavy atom. The van der Waals surface area contributed by atoms with Crippen LogP contribution in [0.4, 0.5) is 0 Å². The van der Waals surface area contributed by atoms with Crippen LogP contribution in [0.15, 0.2) is 28.8 Å². The van der Waals surface area contributed by atoms with Gasteiger partial charge < -0.3 is 0 Å². The summed E-state index contributed by atoms with van der Waals surface area (Å²) in [4.78, 5) is 18.7. The molecule has 0 bridgehead atoms. The molecule has 0 fully saturated rings. The summed E-state index contributed by atoms with van der Waals surface area (Å²) in [5.41, 5.74) is 1.52. The Kier molecular flexibility index (Phi) is 2.77. The minimum Gasteiger partial charge on any atom is -0.298 e. The van der Waals surface area contributed by atoms with Crippen LogP contribution in [-0.2, 0) is 0 Å². The fourth-order valence-electron chi connectivity index (χ4n) is 1.09. The van der Waals surface area contributed by atoms with Crippen molar-refractivity contribution in [3.63, 3.8) is 0 Å². The van der Waals surface area contributed by atoms with Crippen molar-refractivity contribution in [2.75, 3.05) is 0 Å². The molecule has 15 heavy (non-hydrogen) atoms. The first-order chi connectivity index (χ1) is 7.29. The molecule has 0 aliphatic rings. The lowest BCUT2D eigenvalue weighted by atomic mass is 10.2. The molecule has 0 unspecified atom stereocenters. The summed E-state index contributed by atoms with van der Waals surface area (Å²) >= 11 is 1.38. The molecule has 6 heteroatoms. The monoisotopic (exact) mass is 220 g/mol. The quantitative estimate of drug-likeness (QED) is 0.793. The van der Waals surface area contributed by atoms with E-state index >= 15 is 0 Å². The average Bonchev–Trinajstić information content (AvgIpc) is 2.74. The maximum atomic E-state index is 10.5. The van der Waals surface area contributed by atoms with Gasteiger partial charge in [-0.1, -0.05) is 0 Å². The number of rotatable bonds is 3. The van der Waals surface area contributed by atoms with Crippen molar-refractivity contribution in [2.24, 2.45) is 0 Å². The first kappa shape index (κ1) is 9.85. The van der Waals surface area contributed by atoms with Gasteiger partial charge in [0.05, 0.1) is 0 Å². The van der Waals surface area contributed by atoms with Gasteiger partial charge in [0.15, 0.2) is 11.4 Å². The number of nitrogens with one attached hydrogen (secondary N) is 1. The topological polar surface area (TPSA) is 71.5 Å². The van der Waals surface area contributed by atoms with Gasteiger partial charge in [-0.3, -0.25) is 9.89 Å². The van der Waals surface area contributed by atoms with Crippen LogP contribution < -0.4 is 0 Å². The van der Waals surface area contributed by atoms with Crippen molar-refractivity contribution < 1.29 is 4.79 Å². The molecule has 2 rings (SSSR count). The molecule has 2 heterocycles. The largest absolute Gasteiger partial charge is 0.298 e. The molecular formula is C9H8N4OS. The highest BCUT2D eigenvalue weighted by molar-refractivity contribution is 7.99. The molecule has 0 aromatic carbocycles. The van der Waals surface area contributed by atoms with Crippen LogP contribution >= 0.6 is 11.8 Å². The van der Waals surface area contributed by atoms with E-state index in [9.17, 15) is 4.79 Å². The highest BCUT2D eigenvalue weighted by Gasteiger charge is 2.05. The summed E-state index contributed by atoms with van der Waals surface area (Å²) in [5, 5.41) is 7.98. The lowest BCUT2D eigenvalue weighted by Gasteiger charge is -2.01. The van der Waals surface area contributed by atoms with Crippen LogP contribution in [0.3, 0.4) is 0 Å². The zero-order valence-electron chi connectivity index (χ0n) is 7.97. The van der Waals surface area contributed by atoms with Gasteiger partial charge in [-0.05, 0) is 30.3 Å². The SMILES string of the molecule is Cc1cc(C=O)cnc1Sc1ncn[nH]1. The molecule has 0 saturated heterocycles. The number of hydrogen-bond acceptors (Lipinski definition) is 5. The fourth-order valence-corrected chi connectivity index (χ4v) is 1.80. The van der Waals surface area contributed by atoms with Gasteiger partial charge in [0.25, 0.3) is 0 Å². The van der Waals surface area contributed by atoms with E-state index in [4.69, 9.17) is 0 Å². The second-order valence-electron chi connectivity index (χ2n) is 2.90. The standard InChI is InChI=1S/C9H8N4OS/c1-6-2-7(4-14)3-10-8(6)15-9-11-5-12-13-9/h2-5H,1H3,(H,11,12,13). The zero-order valence-corrected chi connectivity index (χ0v) is 8.78. The summed E-state index contributed by atoms with van der Waals surface area (Å²) in [6.45, 7) is 1.90. The third-order valence-electron chi connectivity index (χ3n) is 1.77. The smallest absolute Gasteiger partial charge is 0.189 e. The van der Waals surface area contributed by atoms with Crippen LogP contribution in [0.2, 0.25) is 0 Å². The number of aromatic nitrogens is 4. The zero-order chi connectivity index (χ0) is 10.7. The number of carbonyl (C=O) groups is 1. The van der Waals surface area contributed by atoms with Gasteiger partial charge in [0.1, 0.15) is 11.4 Å². The Hall–Kier alpha value is -1.69. The fraction of sp³-hybridized carbons (Fsp3) is 0.111. The molecule has 0 radical (unpaired) electrons. The van der Waals surface area contributed by atoms with Gasteiger partial charge in [-0.25, -0.2) is 9.97 Å². The maximum Gasteiger partial charge on any atom is 0.189 e. The van der Waals surface area contributed by atoms with Crippen LogP contribution in [0.1, 0.15) is 15.9 Å². The van der Waals surface area contributed by atoms with Gasteiger partial charge >= 0.3 is 0 Å². The van der Waals surface area contributed by atoms with Gasteiger partial charge in [-0.15, -0.1) is 0 Å². The molecular weight excluding hydrogens is 212 g/mol. The van der Waals surface area contributed by atoms with Crippen LogP contribution in [0, 0.1) is 6.92 Å². The number of nitrogens with zero attached hydrogens (tertiary/aromatic N) is 3.